The smallest absolute Gasteiger partial charge is 0.258 e. The second kappa shape index (κ2) is 14.3. The maximum atomic E-state index is 14.3. The van der Waals surface area contributed by atoms with E-state index < -0.39 is 42.1 Å². The van der Waals surface area contributed by atoms with E-state index in [9.17, 15) is 14.4 Å². The van der Waals surface area contributed by atoms with Crippen LogP contribution in [0.15, 0.2) is 82.6 Å². The van der Waals surface area contributed by atoms with Crippen LogP contribution in [-0.4, -0.2) is 61.3 Å². The molecule has 3 aromatic rings. The molecule has 4 N–H and O–H groups in total. The van der Waals surface area contributed by atoms with E-state index in [0.29, 0.717) is 30.8 Å². The number of rotatable bonds is 11. The van der Waals surface area contributed by atoms with Gasteiger partial charge in [-0.3, -0.25) is 19.3 Å². The topological polar surface area (TPSA) is 132 Å². The lowest BCUT2D eigenvalue weighted by Gasteiger charge is -2.34. The normalized spacial score (nSPS) is 18.4. The van der Waals surface area contributed by atoms with Crippen molar-refractivity contribution in [2.45, 2.75) is 60.9 Å². The van der Waals surface area contributed by atoms with Gasteiger partial charge in [0.05, 0.1) is 30.1 Å². The zero-order valence-electron chi connectivity index (χ0n) is 25.0. The first kappa shape index (κ1) is 31.5. The summed E-state index contributed by atoms with van der Waals surface area (Å²) in [5, 5.41) is 6.20. The van der Waals surface area contributed by atoms with Crippen LogP contribution < -0.4 is 21.1 Å². The van der Waals surface area contributed by atoms with Gasteiger partial charge in [-0.25, -0.2) is 0 Å². The molecule has 3 aromatic carbocycles. The number of nitrogens with two attached hydrogens (primary N) is 1. The van der Waals surface area contributed by atoms with Gasteiger partial charge < -0.3 is 30.6 Å². The van der Waals surface area contributed by atoms with Crippen LogP contribution >= 0.6 is 11.8 Å². The predicted octanol–water partition coefficient (Wildman–Crippen LogP) is 4.62. The van der Waals surface area contributed by atoms with Gasteiger partial charge in [0.25, 0.3) is 11.8 Å². The number of para-hydroxylation sites is 1. The van der Waals surface area contributed by atoms with Gasteiger partial charge >= 0.3 is 0 Å². The minimum atomic E-state index is -1.17. The van der Waals surface area contributed by atoms with Crippen molar-refractivity contribution in [2.24, 2.45) is 11.7 Å². The molecule has 1 unspecified atom stereocenters. The molecule has 232 valence electrons. The fourth-order valence-electron chi connectivity index (χ4n) is 5.38. The van der Waals surface area contributed by atoms with Crippen LogP contribution in [0.3, 0.4) is 0 Å². The number of fused-ring (bicyclic) bond motifs is 2. The highest BCUT2D eigenvalue weighted by molar-refractivity contribution is 7.99. The molecule has 5 rings (SSSR count). The summed E-state index contributed by atoms with van der Waals surface area (Å²) in [4.78, 5) is 44.6. The highest BCUT2D eigenvalue weighted by Gasteiger charge is 2.44. The van der Waals surface area contributed by atoms with Crippen molar-refractivity contribution in [3.63, 3.8) is 0 Å². The summed E-state index contributed by atoms with van der Waals surface area (Å²) in [6.07, 6.45) is -0.0191. The molecule has 1 fully saturated rings. The Balaban J connectivity index is 1.33. The molecule has 2 aliphatic heterocycles. The standard InChI is InChI=1S/C33H38N4O6S/c1-20(2)17-23(34)31(39)37(26-15-16-42-33(26)41-3)32(40)30(21-9-5-4-6-10-21)36-29(38)19-43-22-13-14-28-25(18-22)35-24-11-7-8-12-27(24)44-28/h4-14,18,20,23,26,30,33,35H,15-17,19,34H2,1-3H3,(H,36,38)/t23-,26-,30-,33?/m0/s1. The van der Waals surface area contributed by atoms with Crippen LogP contribution in [0.5, 0.6) is 5.75 Å². The van der Waals surface area contributed by atoms with E-state index in [0.717, 1.165) is 26.1 Å². The summed E-state index contributed by atoms with van der Waals surface area (Å²) in [6.45, 7) is 3.89. The fourth-order valence-corrected chi connectivity index (χ4v) is 6.35. The number of hydrogen-bond acceptors (Lipinski definition) is 9. The second-order valence-electron chi connectivity index (χ2n) is 11.2. The molecule has 0 spiro atoms. The first-order chi connectivity index (χ1) is 21.2. The molecule has 0 saturated carbocycles. The molecule has 0 bridgehead atoms. The molecule has 0 aliphatic carbocycles. The fraction of sp³-hybridized carbons (Fsp3) is 0.364. The summed E-state index contributed by atoms with van der Waals surface area (Å²) in [6, 6.07) is 19.6. The minimum absolute atomic E-state index is 0.137. The van der Waals surface area contributed by atoms with Gasteiger partial charge in [0.2, 0.25) is 5.91 Å². The first-order valence-electron chi connectivity index (χ1n) is 14.7. The van der Waals surface area contributed by atoms with Crippen LogP contribution in [-0.2, 0) is 23.9 Å². The van der Waals surface area contributed by atoms with E-state index in [-0.39, 0.29) is 12.5 Å². The molecular formula is C33H38N4O6S. The molecule has 4 atom stereocenters. The van der Waals surface area contributed by atoms with Crippen LogP contribution in [0.1, 0.15) is 38.3 Å². The number of nitrogens with zero attached hydrogens (tertiary/aromatic N) is 1. The van der Waals surface area contributed by atoms with E-state index in [1.54, 1.807) is 42.1 Å². The first-order valence-corrected chi connectivity index (χ1v) is 15.5. The zero-order valence-corrected chi connectivity index (χ0v) is 25.8. The zero-order chi connectivity index (χ0) is 31.2. The Hall–Kier alpha value is -3.90. The molecule has 10 nitrogen and oxygen atoms in total. The van der Waals surface area contributed by atoms with Gasteiger partial charge in [-0.05, 0) is 48.6 Å². The molecule has 3 amide bonds. The van der Waals surface area contributed by atoms with Crippen LogP contribution in [0.2, 0.25) is 0 Å². The van der Waals surface area contributed by atoms with Gasteiger partial charge in [-0.15, -0.1) is 0 Å². The maximum absolute atomic E-state index is 14.3. The maximum Gasteiger partial charge on any atom is 0.258 e. The van der Waals surface area contributed by atoms with E-state index >= 15 is 0 Å². The van der Waals surface area contributed by atoms with Crippen molar-refractivity contribution in [3.8, 4) is 5.75 Å². The molecule has 1 saturated heterocycles. The lowest BCUT2D eigenvalue weighted by atomic mass is 9.99. The highest BCUT2D eigenvalue weighted by Crippen LogP contribution is 2.45. The molecule has 2 heterocycles. The average Bonchev–Trinajstić information content (AvgIpc) is 3.50. The molecule has 44 heavy (non-hydrogen) atoms. The van der Waals surface area contributed by atoms with E-state index in [1.165, 1.54) is 7.11 Å². The van der Waals surface area contributed by atoms with Gasteiger partial charge in [0.1, 0.15) is 11.8 Å². The van der Waals surface area contributed by atoms with Crippen molar-refractivity contribution in [3.05, 3.63) is 78.4 Å². The number of amides is 3. The SMILES string of the molecule is COC1OCC[C@@H]1N(C(=O)[C@@H](NC(=O)COc1ccc2c(c1)Nc1ccccc1S2)c1ccccc1)C(=O)[C@@H](N)CC(C)C. The molecule has 2 aliphatic rings. The Bertz CT molecular complexity index is 1490. The third kappa shape index (κ3) is 7.24. The summed E-state index contributed by atoms with van der Waals surface area (Å²) in [5.41, 5.74) is 8.69. The van der Waals surface area contributed by atoms with Gasteiger partial charge in [0.15, 0.2) is 12.9 Å². The van der Waals surface area contributed by atoms with Crippen molar-refractivity contribution in [1.82, 2.24) is 10.2 Å². The van der Waals surface area contributed by atoms with Gasteiger partial charge in [0, 0.05) is 23.0 Å². The summed E-state index contributed by atoms with van der Waals surface area (Å²) >= 11 is 1.65. The number of ether oxygens (including phenoxy) is 3. The average molecular weight is 619 g/mol. The number of benzene rings is 3. The number of hydrogen-bond donors (Lipinski definition) is 3. The van der Waals surface area contributed by atoms with Crippen molar-refractivity contribution >= 4 is 40.9 Å². The van der Waals surface area contributed by atoms with Crippen LogP contribution in [0.25, 0.3) is 0 Å². The number of imide groups is 1. The third-order valence-electron chi connectivity index (χ3n) is 7.47. The predicted molar refractivity (Wildman–Crippen MR) is 168 cm³/mol. The van der Waals surface area contributed by atoms with Crippen LogP contribution in [0.4, 0.5) is 11.4 Å². The Morgan fingerprint density at radius 1 is 1.02 bits per heavy atom. The second-order valence-corrected chi connectivity index (χ2v) is 12.3. The quantitative estimate of drug-likeness (QED) is 0.220. The van der Waals surface area contributed by atoms with E-state index in [1.807, 2.05) is 50.2 Å². The highest BCUT2D eigenvalue weighted by atomic mass is 32.2. The summed E-state index contributed by atoms with van der Waals surface area (Å²) in [5.74, 6) is -1.04. The number of nitrogens with one attached hydrogen (secondary N) is 2. The lowest BCUT2D eigenvalue weighted by molar-refractivity contribution is -0.163. The number of methoxy groups -OCH3 is 1. The van der Waals surface area contributed by atoms with Crippen molar-refractivity contribution in [2.75, 3.05) is 25.6 Å². The number of anilines is 2. The van der Waals surface area contributed by atoms with Crippen molar-refractivity contribution in [1.29, 1.82) is 0 Å². The Kier molecular flexibility index (Phi) is 10.2. The number of carbonyl (C=O) groups is 3. The molecule has 0 radical (unpaired) electrons. The number of carbonyl (C=O) groups excluding carboxylic acids is 3. The summed E-state index contributed by atoms with van der Waals surface area (Å²) < 4.78 is 17.0. The van der Waals surface area contributed by atoms with Gasteiger partial charge in [-0.2, -0.15) is 0 Å². The Labute approximate surface area is 261 Å². The molecular weight excluding hydrogens is 580 g/mol. The minimum Gasteiger partial charge on any atom is -0.484 e. The Morgan fingerprint density at radius 2 is 1.75 bits per heavy atom. The van der Waals surface area contributed by atoms with E-state index in [4.69, 9.17) is 19.9 Å². The van der Waals surface area contributed by atoms with Gasteiger partial charge in [-0.1, -0.05) is 68.1 Å². The van der Waals surface area contributed by atoms with Crippen molar-refractivity contribution < 1.29 is 28.6 Å². The summed E-state index contributed by atoms with van der Waals surface area (Å²) in [7, 11) is 1.46. The van der Waals surface area contributed by atoms with E-state index in [2.05, 4.69) is 16.7 Å². The third-order valence-corrected chi connectivity index (χ3v) is 8.63. The molecule has 11 heteroatoms. The van der Waals surface area contributed by atoms with Crippen LogP contribution in [0, 0.1) is 5.92 Å². The lowest BCUT2D eigenvalue weighted by Crippen LogP contribution is -2.57. The molecule has 0 aromatic heterocycles. The monoisotopic (exact) mass is 618 g/mol. The Morgan fingerprint density at radius 3 is 2.50 bits per heavy atom. The largest absolute Gasteiger partial charge is 0.484 e.